The standard InChI is InChI=1S/C16H19BrN2O2/c1-4-16-18-12(10-15(17)19-16)11-7-8-13(20-5-2)14(9-11)21-6-3/h7-10H,4-6H2,1-3H3. The number of aryl methyl sites for hydroxylation is 1. The summed E-state index contributed by atoms with van der Waals surface area (Å²) >= 11 is 3.43. The fourth-order valence-electron chi connectivity index (χ4n) is 1.98. The van der Waals surface area contributed by atoms with Gasteiger partial charge in [-0.25, -0.2) is 9.97 Å². The first-order valence-electron chi connectivity index (χ1n) is 7.11. The zero-order valence-corrected chi connectivity index (χ0v) is 14.1. The van der Waals surface area contributed by atoms with E-state index in [0.29, 0.717) is 13.2 Å². The molecule has 0 N–H and O–H groups in total. The highest BCUT2D eigenvalue weighted by Crippen LogP contribution is 2.32. The Morgan fingerprint density at radius 3 is 2.33 bits per heavy atom. The van der Waals surface area contributed by atoms with E-state index in [2.05, 4.69) is 25.9 Å². The zero-order chi connectivity index (χ0) is 15.2. The molecule has 0 saturated carbocycles. The predicted molar refractivity (Wildman–Crippen MR) is 86.9 cm³/mol. The third-order valence-electron chi connectivity index (χ3n) is 2.90. The molecular formula is C16H19BrN2O2. The molecule has 0 aliphatic carbocycles. The lowest BCUT2D eigenvalue weighted by molar-refractivity contribution is 0.288. The lowest BCUT2D eigenvalue weighted by Crippen LogP contribution is -2.00. The van der Waals surface area contributed by atoms with Crippen LogP contribution in [0.3, 0.4) is 0 Å². The van der Waals surface area contributed by atoms with E-state index in [-0.39, 0.29) is 0 Å². The maximum Gasteiger partial charge on any atom is 0.161 e. The van der Waals surface area contributed by atoms with Gasteiger partial charge in [0.05, 0.1) is 18.9 Å². The third kappa shape index (κ3) is 3.94. The summed E-state index contributed by atoms with van der Waals surface area (Å²) in [4.78, 5) is 8.89. The lowest BCUT2D eigenvalue weighted by Gasteiger charge is -2.12. The van der Waals surface area contributed by atoms with Gasteiger partial charge in [0, 0.05) is 12.0 Å². The Balaban J connectivity index is 2.44. The molecule has 1 heterocycles. The fourth-order valence-corrected chi connectivity index (χ4v) is 2.40. The Kier molecular flexibility index (Phi) is 5.56. The minimum absolute atomic E-state index is 0.594. The van der Waals surface area contributed by atoms with Gasteiger partial charge in [0.25, 0.3) is 0 Å². The minimum atomic E-state index is 0.594. The van der Waals surface area contributed by atoms with E-state index in [1.807, 2.05) is 45.0 Å². The number of rotatable bonds is 6. The first kappa shape index (κ1) is 15.8. The van der Waals surface area contributed by atoms with Crippen LogP contribution in [0.2, 0.25) is 0 Å². The molecule has 4 nitrogen and oxygen atoms in total. The summed E-state index contributed by atoms with van der Waals surface area (Å²) in [7, 11) is 0. The van der Waals surface area contributed by atoms with Crippen molar-refractivity contribution in [2.75, 3.05) is 13.2 Å². The SMILES string of the molecule is CCOc1ccc(-c2cc(Br)nc(CC)n2)cc1OCC. The highest BCUT2D eigenvalue weighted by atomic mass is 79.9. The Labute approximate surface area is 133 Å². The van der Waals surface area contributed by atoms with Crippen LogP contribution in [0.15, 0.2) is 28.9 Å². The molecule has 1 aromatic carbocycles. The molecule has 112 valence electrons. The summed E-state index contributed by atoms with van der Waals surface area (Å²) in [6.45, 7) is 7.16. The molecule has 0 aliphatic rings. The normalized spacial score (nSPS) is 10.5. The monoisotopic (exact) mass is 350 g/mol. The summed E-state index contributed by atoms with van der Waals surface area (Å²) in [5.74, 6) is 2.31. The molecule has 2 rings (SSSR count). The van der Waals surface area contributed by atoms with Crippen LogP contribution in [0.25, 0.3) is 11.3 Å². The van der Waals surface area contributed by atoms with Gasteiger partial charge in [-0.2, -0.15) is 0 Å². The Morgan fingerprint density at radius 2 is 1.67 bits per heavy atom. The lowest BCUT2D eigenvalue weighted by atomic mass is 10.1. The largest absolute Gasteiger partial charge is 0.490 e. The molecule has 0 unspecified atom stereocenters. The van der Waals surface area contributed by atoms with Crippen LogP contribution < -0.4 is 9.47 Å². The Morgan fingerprint density at radius 1 is 0.952 bits per heavy atom. The first-order valence-corrected chi connectivity index (χ1v) is 7.90. The van der Waals surface area contributed by atoms with Crippen molar-refractivity contribution in [3.63, 3.8) is 0 Å². The number of nitrogens with zero attached hydrogens (tertiary/aromatic N) is 2. The molecule has 0 aliphatic heterocycles. The van der Waals surface area contributed by atoms with E-state index in [0.717, 1.165) is 39.6 Å². The van der Waals surface area contributed by atoms with Crippen molar-refractivity contribution in [3.8, 4) is 22.8 Å². The summed E-state index contributed by atoms with van der Waals surface area (Å²) in [6.07, 6.45) is 0.793. The quantitative estimate of drug-likeness (QED) is 0.730. The first-order chi connectivity index (χ1) is 10.2. The predicted octanol–water partition coefficient (Wildman–Crippen LogP) is 4.27. The molecule has 2 aromatic rings. The average molecular weight is 351 g/mol. The van der Waals surface area contributed by atoms with E-state index in [1.165, 1.54) is 0 Å². The highest BCUT2D eigenvalue weighted by Gasteiger charge is 2.10. The molecule has 0 fully saturated rings. The van der Waals surface area contributed by atoms with Crippen molar-refractivity contribution < 1.29 is 9.47 Å². The van der Waals surface area contributed by atoms with Gasteiger partial charge in [-0.15, -0.1) is 0 Å². The van der Waals surface area contributed by atoms with Crippen LogP contribution in [-0.4, -0.2) is 23.2 Å². The number of hydrogen-bond donors (Lipinski definition) is 0. The van der Waals surface area contributed by atoms with Gasteiger partial charge < -0.3 is 9.47 Å². The van der Waals surface area contributed by atoms with E-state index >= 15 is 0 Å². The smallest absolute Gasteiger partial charge is 0.161 e. The second kappa shape index (κ2) is 7.41. The number of halogens is 1. The second-order valence-corrected chi connectivity index (χ2v) is 5.19. The summed E-state index contributed by atoms with van der Waals surface area (Å²) in [6, 6.07) is 7.78. The van der Waals surface area contributed by atoms with Crippen molar-refractivity contribution in [2.24, 2.45) is 0 Å². The molecule has 0 bridgehead atoms. The maximum atomic E-state index is 5.66. The highest BCUT2D eigenvalue weighted by molar-refractivity contribution is 9.10. The van der Waals surface area contributed by atoms with Crippen molar-refractivity contribution in [1.82, 2.24) is 9.97 Å². The molecule has 5 heteroatoms. The van der Waals surface area contributed by atoms with E-state index in [9.17, 15) is 0 Å². The maximum absolute atomic E-state index is 5.66. The fraction of sp³-hybridized carbons (Fsp3) is 0.375. The molecule has 0 saturated heterocycles. The number of hydrogen-bond acceptors (Lipinski definition) is 4. The average Bonchev–Trinajstić information content (AvgIpc) is 2.48. The van der Waals surface area contributed by atoms with E-state index < -0.39 is 0 Å². The topological polar surface area (TPSA) is 44.2 Å². The second-order valence-electron chi connectivity index (χ2n) is 4.37. The van der Waals surface area contributed by atoms with Gasteiger partial charge in [-0.3, -0.25) is 0 Å². The van der Waals surface area contributed by atoms with Gasteiger partial charge in [0.2, 0.25) is 0 Å². The Hall–Kier alpha value is -1.62. The molecule has 1 aromatic heterocycles. The molecule has 21 heavy (non-hydrogen) atoms. The summed E-state index contributed by atoms with van der Waals surface area (Å²) in [5.41, 5.74) is 1.86. The molecular weight excluding hydrogens is 332 g/mol. The van der Waals surface area contributed by atoms with Gasteiger partial charge in [-0.1, -0.05) is 6.92 Å². The molecule has 0 spiro atoms. The van der Waals surface area contributed by atoms with Crippen molar-refractivity contribution in [1.29, 1.82) is 0 Å². The van der Waals surface area contributed by atoms with Crippen LogP contribution in [0.1, 0.15) is 26.6 Å². The van der Waals surface area contributed by atoms with Gasteiger partial charge in [0.15, 0.2) is 11.5 Å². The van der Waals surface area contributed by atoms with Gasteiger partial charge in [0.1, 0.15) is 10.4 Å². The van der Waals surface area contributed by atoms with Crippen molar-refractivity contribution in [3.05, 3.63) is 34.7 Å². The van der Waals surface area contributed by atoms with Crippen molar-refractivity contribution in [2.45, 2.75) is 27.2 Å². The Bertz CT molecular complexity index is 617. The minimum Gasteiger partial charge on any atom is -0.490 e. The van der Waals surface area contributed by atoms with Crippen LogP contribution in [-0.2, 0) is 6.42 Å². The zero-order valence-electron chi connectivity index (χ0n) is 12.5. The van der Waals surface area contributed by atoms with Crippen LogP contribution in [0.5, 0.6) is 11.5 Å². The number of ether oxygens (including phenoxy) is 2. The number of benzene rings is 1. The van der Waals surface area contributed by atoms with E-state index in [4.69, 9.17) is 9.47 Å². The van der Waals surface area contributed by atoms with E-state index in [1.54, 1.807) is 0 Å². The van der Waals surface area contributed by atoms with Gasteiger partial charge in [-0.05, 0) is 54.0 Å². The summed E-state index contributed by atoms with van der Waals surface area (Å²) in [5, 5.41) is 0. The summed E-state index contributed by atoms with van der Waals surface area (Å²) < 4.78 is 12.0. The van der Waals surface area contributed by atoms with Crippen LogP contribution in [0, 0.1) is 0 Å². The molecule has 0 amide bonds. The van der Waals surface area contributed by atoms with Crippen molar-refractivity contribution >= 4 is 15.9 Å². The molecule has 0 radical (unpaired) electrons. The van der Waals surface area contributed by atoms with Crippen LogP contribution >= 0.6 is 15.9 Å². The third-order valence-corrected chi connectivity index (χ3v) is 3.30. The van der Waals surface area contributed by atoms with Gasteiger partial charge >= 0.3 is 0 Å². The number of aromatic nitrogens is 2. The van der Waals surface area contributed by atoms with Crippen LogP contribution in [0.4, 0.5) is 0 Å². The molecule has 0 atom stereocenters.